The van der Waals surface area contributed by atoms with Crippen LogP contribution in [-0.2, 0) is 6.54 Å². The number of carboxylic acid groups (broad SMARTS) is 1. The first-order valence-electron chi connectivity index (χ1n) is 7.89. The minimum Gasteiger partial charge on any atom is -0.545 e. The van der Waals surface area contributed by atoms with Gasteiger partial charge in [0, 0.05) is 19.0 Å². The number of nitrogens with zero attached hydrogens (tertiary/aromatic N) is 1. The summed E-state index contributed by atoms with van der Waals surface area (Å²) in [5.74, 6) is -1.20. The van der Waals surface area contributed by atoms with Gasteiger partial charge in [0.1, 0.15) is 0 Å². The molecule has 1 heterocycles. The summed E-state index contributed by atoms with van der Waals surface area (Å²) in [6.45, 7) is 2.30. The van der Waals surface area contributed by atoms with E-state index in [0.717, 1.165) is 25.1 Å². The molecule has 0 aliphatic carbocycles. The minimum atomic E-state index is -1.18. The van der Waals surface area contributed by atoms with E-state index in [9.17, 15) is 15.0 Å². The van der Waals surface area contributed by atoms with Crippen LogP contribution in [0.5, 0.6) is 0 Å². The number of carbonyl (C=O) groups excluding carboxylic acids is 1. The predicted octanol–water partition coefficient (Wildman–Crippen LogP) is 1.40. The Kier molecular flexibility index (Phi) is 4.74. The van der Waals surface area contributed by atoms with Crippen LogP contribution in [0.15, 0.2) is 54.6 Å². The maximum Gasteiger partial charge on any atom is 0.0736 e. The molecule has 0 saturated carbocycles. The van der Waals surface area contributed by atoms with Crippen LogP contribution in [0.3, 0.4) is 0 Å². The van der Waals surface area contributed by atoms with Crippen LogP contribution < -0.4 is 5.11 Å². The molecule has 23 heavy (non-hydrogen) atoms. The van der Waals surface area contributed by atoms with Crippen LogP contribution in [0, 0.1) is 0 Å². The molecule has 0 radical (unpaired) electrons. The Labute approximate surface area is 136 Å². The number of piperidine rings is 1. The zero-order valence-corrected chi connectivity index (χ0v) is 12.9. The second-order valence-corrected chi connectivity index (χ2v) is 6.10. The van der Waals surface area contributed by atoms with Crippen LogP contribution in [0.1, 0.15) is 33.8 Å². The molecule has 4 nitrogen and oxygen atoms in total. The Bertz CT molecular complexity index is 671. The summed E-state index contributed by atoms with van der Waals surface area (Å²) in [4.78, 5) is 13.2. The van der Waals surface area contributed by atoms with Gasteiger partial charge in [-0.15, -0.1) is 0 Å². The van der Waals surface area contributed by atoms with E-state index in [4.69, 9.17) is 0 Å². The fraction of sp³-hybridized carbons (Fsp3) is 0.316. The number of aliphatic hydroxyl groups is 1. The standard InChI is InChI=1S/C19H21NO3/c21-18-13-20(12-14-5-2-1-3-6-14)10-9-17(18)15-7-4-8-16(11-15)19(22)23/h1-8,11,17-18,21H,9-10,12-13H2,(H,22,23)/p-1. The van der Waals surface area contributed by atoms with Crippen molar-refractivity contribution in [2.45, 2.75) is 25.0 Å². The van der Waals surface area contributed by atoms with Gasteiger partial charge in [-0.05, 0) is 35.7 Å². The lowest BCUT2D eigenvalue weighted by Gasteiger charge is -2.36. The number of β-amino-alcohol motifs (C(OH)–C–C–N with tert-alkyl or cyclic N) is 1. The molecular weight excluding hydrogens is 290 g/mol. The molecule has 2 atom stereocenters. The normalized spacial score (nSPS) is 22.0. The number of carboxylic acids is 1. The number of aliphatic hydroxyl groups excluding tert-OH is 1. The lowest BCUT2D eigenvalue weighted by Crippen LogP contribution is -2.42. The maximum absolute atomic E-state index is 11.0. The Morgan fingerprint density at radius 2 is 1.96 bits per heavy atom. The number of aromatic carboxylic acids is 1. The molecule has 2 aromatic carbocycles. The molecular formula is C19H20NO3-. The second kappa shape index (κ2) is 6.94. The van der Waals surface area contributed by atoms with Gasteiger partial charge in [-0.1, -0.05) is 48.5 Å². The van der Waals surface area contributed by atoms with Crippen molar-refractivity contribution in [2.75, 3.05) is 13.1 Å². The van der Waals surface area contributed by atoms with Gasteiger partial charge in [0.15, 0.2) is 0 Å². The van der Waals surface area contributed by atoms with Crippen LogP contribution in [0.4, 0.5) is 0 Å². The highest BCUT2D eigenvalue weighted by molar-refractivity contribution is 5.85. The molecule has 0 aromatic heterocycles. The number of hydrogen-bond acceptors (Lipinski definition) is 4. The molecule has 0 amide bonds. The van der Waals surface area contributed by atoms with Gasteiger partial charge in [-0.25, -0.2) is 0 Å². The van der Waals surface area contributed by atoms with E-state index in [0.29, 0.717) is 6.54 Å². The van der Waals surface area contributed by atoms with Crippen LogP contribution in [0.2, 0.25) is 0 Å². The van der Waals surface area contributed by atoms with Gasteiger partial charge in [0.25, 0.3) is 0 Å². The van der Waals surface area contributed by atoms with Crippen molar-refractivity contribution in [3.63, 3.8) is 0 Å². The summed E-state index contributed by atoms with van der Waals surface area (Å²) in [7, 11) is 0. The lowest BCUT2D eigenvalue weighted by molar-refractivity contribution is -0.255. The molecule has 2 aromatic rings. The van der Waals surface area contributed by atoms with E-state index in [1.54, 1.807) is 12.1 Å². The van der Waals surface area contributed by atoms with Crippen molar-refractivity contribution in [3.8, 4) is 0 Å². The molecule has 120 valence electrons. The van der Waals surface area contributed by atoms with Gasteiger partial charge in [0.05, 0.1) is 12.1 Å². The molecule has 1 saturated heterocycles. The summed E-state index contributed by atoms with van der Waals surface area (Å²) in [5, 5.41) is 21.5. The van der Waals surface area contributed by atoms with Crippen molar-refractivity contribution >= 4 is 5.97 Å². The number of likely N-dealkylation sites (tertiary alicyclic amines) is 1. The van der Waals surface area contributed by atoms with Crippen molar-refractivity contribution in [2.24, 2.45) is 0 Å². The summed E-state index contributed by atoms with van der Waals surface area (Å²) < 4.78 is 0. The van der Waals surface area contributed by atoms with Crippen molar-refractivity contribution in [1.29, 1.82) is 0 Å². The fourth-order valence-electron chi connectivity index (χ4n) is 3.27. The lowest BCUT2D eigenvalue weighted by atomic mass is 9.86. The van der Waals surface area contributed by atoms with Crippen molar-refractivity contribution in [3.05, 3.63) is 71.3 Å². The van der Waals surface area contributed by atoms with E-state index >= 15 is 0 Å². The molecule has 3 rings (SSSR count). The largest absolute Gasteiger partial charge is 0.545 e. The Morgan fingerprint density at radius 3 is 2.65 bits per heavy atom. The zero-order valence-electron chi connectivity index (χ0n) is 12.9. The third-order valence-corrected chi connectivity index (χ3v) is 4.47. The number of hydrogen-bond donors (Lipinski definition) is 1. The van der Waals surface area contributed by atoms with E-state index in [-0.39, 0.29) is 11.5 Å². The number of carbonyl (C=O) groups is 1. The highest BCUT2D eigenvalue weighted by Gasteiger charge is 2.28. The number of benzene rings is 2. The number of rotatable bonds is 4. The molecule has 2 unspecified atom stereocenters. The van der Waals surface area contributed by atoms with Crippen LogP contribution in [-0.4, -0.2) is 35.2 Å². The molecule has 1 fully saturated rings. The van der Waals surface area contributed by atoms with E-state index in [1.165, 1.54) is 11.6 Å². The third-order valence-electron chi connectivity index (χ3n) is 4.47. The minimum absolute atomic E-state index is 0.0266. The second-order valence-electron chi connectivity index (χ2n) is 6.10. The SMILES string of the molecule is O=C([O-])c1cccc(C2CCN(Cc3ccccc3)CC2O)c1. The highest BCUT2D eigenvalue weighted by Crippen LogP contribution is 2.29. The Morgan fingerprint density at radius 1 is 1.17 bits per heavy atom. The average Bonchev–Trinajstić information content (AvgIpc) is 2.56. The summed E-state index contributed by atoms with van der Waals surface area (Å²) >= 11 is 0. The van der Waals surface area contributed by atoms with Crippen LogP contribution in [0.25, 0.3) is 0 Å². The van der Waals surface area contributed by atoms with Gasteiger partial charge in [0.2, 0.25) is 0 Å². The molecule has 1 aliphatic rings. The Hall–Kier alpha value is -2.17. The average molecular weight is 310 g/mol. The monoisotopic (exact) mass is 310 g/mol. The van der Waals surface area contributed by atoms with E-state index in [1.807, 2.05) is 24.3 Å². The molecule has 0 spiro atoms. The molecule has 0 bridgehead atoms. The van der Waals surface area contributed by atoms with E-state index in [2.05, 4.69) is 17.0 Å². The predicted molar refractivity (Wildman–Crippen MR) is 85.9 cm³/mol. The molecule has 4 heteroatoms. The molecule has 1 N–H and O–H groups in total. The van der Waals surface area contributed by atoms with Crippen molar-refractivity contribution in [1.82, 2.24) is 4.90 Å². The third kappa shape index (κ3) is 3.78. The van der Waals surface area contributed by atoms with E-state index < -0.39 is 12.1 Å². The van der Waals surface area contributed by atoms with Crippen LogP contribution >= 0.6 is 0 Å². The summed E-state index contributed by atoms with van der Waals surface area (Å²) in [6.07, 6.45) is 0.314. The maximum atomic E-state index is 11.0. The van der Waals surface area contributed by atoms with Crippen molar-refractivity contribution < 1.29 is 15.0 Å². The zero-order chi connectivity index (χ0) is 16.2. The first-order chi connectivity index (χ1) is 11.1. The van der Waals surface area contributed by atoms with Gasteiger partial charge in [-0.2, -0.15) is 0 Å². The molecule has 1 aliphatic heterocycles. The first-order valence-corrected chi connectivity index (χ1v) is 7.89. The summed E-state index contributed by atoms with van der Waals surface area (Å²) in [5.41, 5.74) is 2.28. The van der Waals surface area contributed by atoms with Gasteiger partial charge in [-0.3, -0.25) is 4.90 Å². The highest BCUT2D eigenvalue weighted by atomic mass is 16.4. The van der Waals surface area contributed by atoms with Gasteiger partial charge >= 0.3 is 0 Å². The fourth-order valence-corrected chi connectivity index (χ4v) is 3.27. The quantitative estimate of drug-likeness (QED) is 0.927. The Balaban J connectivity index is 1.67. The smallest absolute Gasteiger partial charge is 0.0736 e. The van der Waals surface area contributed by atoms with Gasteiger partial charge < -0.3 is 15.0 Å². The topological polar surface area (TPSA) is 63.6 Å². The summed E-state index contributed by atoms with van der Waals surface area (Å²) in [6, 6.07) is 16.9. The first kappa shape index (κ1) is 15.7.